The molecule has 0 aromatic heterocycles. The number of halogens is 4. The van der Waals surface area contributed by atoms with Crippen LogP contribution in [0.1, 0.15) is 23.7 Å². The number of aliphatic hydroxyl groups excluding tert-OH is 1. The van der Waals surface area contributed by atoms with Gasteiger partial charge in [0.1, 0.15) is 5.82 Å². The van der Waals surface area contributed by atoms with E-state index < -0.39 is 36.2 Å². The molecule has 0 radical (unpaired) electrons. The highest BCUT2D eigenvalue weighted by molar-refractivity contribution is 6.03. The number of hydrogen-bond donors (Lipinski definition) is 2. The molecule has 2 aromatic carbocycles. The van der Waals surface area contributed by atoms with E-state index in [0.29, 0.717) is 0 Å². The predicted octanol–water partition coefficient (Wildman–Crippen LogP) is 2.75. The van der Waals surface area contributed by atoms with Crippen molar-refractivity contribution in [3.05, 3.63) is 71.5 Å². The fraction of sp³-hybridized carbons (Fsp3) is 0.222. The summed E-state index contributed by atoms with van der Waals surface area (Å²) in [6.07, 6.45) is -8.23. The van der Waals surface area contributed by atoms with E-state index >= 15 is 0 Å². The van der Waals surface area contributed by atoms with Gasteiger partial charge in [-0.2, -0.15) is 23.3 Å². The first-order valence-corrected chi connectivity index (χ1v) is 7.83. The monoisotopic (exact) mass is 382 g/mol. The molecule has 5 nitrogen and oxygen atoms in total. The van der Waals surface area contributed by atoms with Crippen molar-refractivity contribution in [2.45, 2.75) is 24.4 Å². The van der Waals surface area contributed by atoms with Crippen LogP contribution >= 0.6 is 0 Å². The first-order chi connectivity index (χ1) is 12.6. The van der Waals surface area contributed by atoms with Gasteiger partial charge in [-0.25, -0.2) is 4.39 Å². The van der Waals surface area contributed by atoms with E-state index in [0.717, 1.165) is 12.1 Å². The number of alkyl halides is 3. The molecule has 27 heavy (non-hydrogen) atoms. The van der Waals surface area contributed by atoms with Crippen LogP contribution in [-0.4, -0.2) is 38.7 Å². The minimum absolute atomic E-state index is 0.0532. The molecule has 0 bridgehead atoms. The molecular weight excluding hydrogens is 368 g/mol. The number of amides is 1. The summed E-state index contributed by atoms with van der Waals surface area (Å²) in [6.45, 7) is 0. The molecule has 0 unspecified atom stereocenters. The SMILES string of the molecule is O=C([C@@H](O)c1ccccc1)N1N=C(c2ccc(F)cc2)C[C@]1(O)C(F)(F)F. The lowest BCUT2D eigenvalue weighted by Crippen LogP contribution is -2.57. The van der Waals surface area contributed by atoms with Crippen LogP contribution in [0.15, 0.2) is 59.7 Å². The number of hydrogen-bond acceptors (Lipinski definition) is 4. The van der Waals surface area contributed by atoms with Crippen molar-refractivity contribution in [2.24, 2.45) is 5.10 Å². The van der Waals surface area contributed by atoms with E-state index in [4.69, 9.17) is 0 Å². The van der Waals surface area contributed by atoms with Gasteiger partial charge in [-0.1, -0.05) is 42.5 Å². The minimum Gasteiger partial charge on any atom is -0.378 e. The standard InChI is InChI=1S/C18H14F4N2O3/c19-13-8-6-11(7-9-13)14-10-17(27,18(20,21)22)24(23-14)16(26)15(25)12-4-2-1-3-5-12/h1-9,15,25,27H,10H2/t15-,17-/m0/s1. The zero-order chi connectivity index (χ0) is 19.8. The third kappa shape index (κ3) is 3.43. The van der Waals surface area contributed by atoms with E-state index in [1.165, 1.54) is 36.4 Å². The average Bonchev–Trinajstić information content (AvgIpc) is 3.00. The maximum atomic E-state index is 13.5. The Morgan fingerprint density at radius 2 is 1.70 bits per heavy atom. The van der Waals surface area contributed by atoms with Gasteiger partial charge in [-0.3, -0.25) is 4.79 Å². The van der Waals surface area contributed by atoms with Gasteiger partial charge in [0.05, 0.1) is 12.1 Å². The Hall–Kier alpha value is -2.78. The fourth-order valence-electron chi connectivity index (χ4n) is 2.69. The van der Waals surface area contributed by atoms with Gasteiger partial charge in [0.25, 0.3) is 11.6 Å². The molecule has 3 rings (SSSR count). The summed E-state index contributed by atoms with van der Waals surface area (Å²) in [6, 6.07) is 11.7. The summed E-state index contributed by atoms with van der Waals surface area (Å²) >= 11 is 0. The molecule has 0 spiro atoms. The molecule has 2 atom stereocenters. The van der Waals surface area contributed by atoms with Gasteiger partial charge < -0.3 is 10.2 Å². The van der Waals surface area contributed by atoms with E-state index in [9.17, 15) is 32.6 Å². The van der Waals surface area contributed by atoms with Crippen LogP contribution in [0.5, 0.6) is 0 Å². The molecule has 1 aliphatic rings. The van der Waals surface area contributed by atoms with Crippen molar-refractivity contribution in [2.75, 3.05) is 0 Å². The average molecular weight is 382 g/mol. The van der Waals surface area contributed by atoms with E-state index in [1.807, 2.05) is 0 Å². The molecule has 142 valence electrons. The summed E-state index contributed by atoms with van der Waals surface area (Å²) in [5.74, 6) is -2.03. The van der Waals surface area contributed by atoms with Crippen LogP contribution in [0.4, 0.5) is 17.6 Å². The molecule has 0 fully saturated rings. The Morgan fingerprint density at radius 3 is 2.26 bits per heavy atom. The minimum atomic E-state index is -5.23. The second kappa shape index (κ2) is 6.75. The van der Waals surface area contributed by atoms with E-state index in [-0.39, 0.29) is 21.8 Å². The molecule has 2 aromatic rings. The van der Waals surface area contributed by atoms with Gasteiger partial charge in [0.2, 0.25) is 0 Å². The van der Waals surface area contributed by atoms with E-state index in [2.05, 4.69) is 5.10 Å². The van der Waals surface area contributed by atoms with Crippen LogP contribution < -0.4 is 0 Å². The lowest BCUT2D eigenvalue weighted by atomic mass is 10.00. The Morgan fingerprint density at radius 1 is 1.11 bits per heavy atom. The third-order valence-electron chi connectivity index (χ3n) is 4.17. The van der Waals surface area contributed by atoms with Crippen molar-refractivity contribution >= 4 is 11.6 Å². The molecule has 0 aliphatic carbocycles. The molecule has 1 heterocycles. The predicted molar refractivity (Wildman–Crippen MR) is 86.8 cm³/mol. The molecule has 2 N–H and O–H groups in total. The lowest BCUT2D eigenvalue weighted by Gasteiger charge is -2.33. The smallest absolute Gasteiger partial charge is 0.378 e. The summed E-state index contributed by atoms with van der Waals surface area (Å²) in [5, 5.41) is 23.8. The highest BCUT2D eigenvalue weighted by atomic mass is 19.4. The van der Waals surface area contributed by atoms with Crippen molar-refractivity contribution in [3.63, 3.8) is 0 Å². The second-order valence-electron chi connectivity index (χ2n) is 6.01. The summed E-state index contributed by atoms with van der Waals surface area (Å²) < 4.78 is 53.6. The molecule has 1 amide bonds. The maximum absolute atomic E-state index is 13.5. The largest absolute Gasteiger partial charge is 0.438 e. The highest BCUT2D eigenvalue weighted by Gasteiger charge is 2.63. The van der Waals surface area contributed by atoms with Crippen LogP contribution in [0.3, 0.4) is 0 Å². The number of rotatable bonds is 3. The molecule has 0 saturated heterocycles. The zero-order valence-corrected chi connectivity index (χ0v) is 13.7. The van der Waals surface area contributed by atoms with Gasteiger partial charge in [0.15, 0.2) is 6.10 Å². The second-order valence-corrected chi connectivity index (χ2v) is 6.01. The lowest BCUT2D eigenvalue weighted by molar-refractivity contribution is -0.303. The highest BCUT2D eigenvalue weighted by Crippen LogP contribution is 2.42. The third-order valence-corrected chi connectivity index (χ3v) is 4.17. The number of carbonyl (C=O) groups excluding carboxylic acids is 1. The van der Waals surface area contributed by atoms with Gasteiger partial charge >= 0.3 is 6.18 Å². The van der Waals surface area contributed by atoms with E-state index in [1.54, 1.807) is 6.07 Å². The first-order valence-electron chi connectivity index (χ1n) is 7.83. The Bertz CT molecular complexity index is 868. The van der Waals surface area contributed by atoms with Crippen LogP contribution in [0.25, 0.3) is 0 Å². The number of hydrazone groups is 1. The Labute approximate surface area is 151 Å². The maximum Gasteiger partial charge on any atom is 0.438 e. The Balaban J connectivity index is 2.00. The van der Waals surface area contributed by atoms with Crippen molar-refractivity contribution in [1.82, 2.24) is 5.01 Å². The van der Waals surface area contributed by atoms with Gasteiger partial charge in [-0.15, -0.1) is 0 Å². The Kier molecular flexibility index (Phi) is 4.75. The molecule has 0 saturated carbocycles. The fourth-order valence-corrected chi connectivity index (χ4v) is 2.69. The van der Waals surface area contributed by atoms with Crippen LogP contribution in [-0.2, 0) is 4.79 Å². The van der Waals surface area contributed by atoms with Crippen molar-refractivity contribution in [3.8, 4) is 0 Å². The number of nitrogens with zero attached hydrogens (tertiary/aromatic N) is 2. The molecular formula is C18H14F4N2O3. The number of aliphatic hydroxyl groups is 2. The van der Waals surface area contributed by atoms with Crippen molar-refractivity contribution < 1.29 is 32.6 Å². The molecule has 9 heteroatoms. The van der Waals surface area contributed by atoms with Gasteiger partial charge in [-0.05, 0) is 23.3 Å². The quantitative estimate of drug-likeness (QED) is 0.802. The number of carbonyl (C=O) groups is 1. The number of benzene rings is 2. The van der Waals surface area contributed by atoms with Crippen molar-refractivity contribution in [1.29, 1.82) is 0 Å². The summed E-state index contributed by atoms with van der Waals surface area (Å²) in [5.41, 5.74) is -3.71. The summed E-state index contributed by atoms with van der Waals surface area (Å²) in [7, 11) is 0. The topological polar surface area (TPSA) is 73.1 Å². The normalized spacial score (nSPS) is 21.1. The summed E-state index contributed by atoms with van der Waals surface area (Å²) in [4.78, 5) is 12.5. The van der Waals surface area contributed by atoms with Crippen LogP contribution in [0, 0.1) is 5.82 Å². The molecule has 1 aliphatic heterocycles. The van der Waals surface area contributed by atoms with Gasteiger partial charge in [0, 0.05) is 0 Å². The first kappa shape index (κ1) is 19.0. The zero-order valence-electron chi connectivity index (χ0n) is 13.7. The van der Waals surface area contributed by atoms with Crippen LogP contribution in [0.2, 0.25) is 0 Å².